The average molecular weight is 289 g/mol. The van der Waals surface area contributed by atoms with Crippen molar-refractivity contribution in [2.24, 2.45) is 11.7 Å². The van der Waals surface area contributed by atoms with E-state index in [2.05, 4.69) is 5.32 Å². The lowest BCUT2D eigenvalue weighted by atomic mass is 10.1. The molecule has 0 aliphatic carbocycles. The van der Waals surface area contributed by atoms with Gasteiger partial charge >= 0.3 is 0 Å². The van der Waals surface area contributed by atoms with Crippen molar-refractivity contribution in [3.05, 3.63) is 29.8 Å². The van der Waals surface area contributed by atoms with Crippen LogP contribution < -0.4 is 15.8 Å². The van der Waals surface area contributed by atoms with Crippen LogP contribution in [-0.2, 0) is 11.3 Å². The highest BCUT2D eigenvalue weighted by Crippen LogP contribution is 2.11. The Hall–Kier alpha value is -1.30. The van der Waals surface area contributed by atoms with Gasteiger partial charge in [-0.2, -0.15) is 0 Å². The number of carbonyl (C=O) groups excluding carboxylic acids is 1. The van der Waals surface area contributed by atoms with Crippen molar-refractivity contribution in [1.29, 1.82) is 0 Å². The summed E-state index contributed by atoms with van der Waals surface area (Å²) in [5.74, 6) is 0.490. The maximum atomic E-state index is 11.5. The van der Waals surface area contributed by atoms with Crippen molar-refractivity contribution in [3.8, 4) is 5.75 Å². The van der Waals surface area contributed by atoms with Gasteiger partial charge in [0.05, 0.1) is 6.61 Å². The lowest BCUT2D eigenvalue weighted by Gasteiger charge is -2.10. The number of amides is 1. The van der Waals surface area contributed by atoms with Crippen LogP contribution in [0.15, 0.2) is 24.3 Å². The molecule has 0 aromatic heterocycles. The Morgan fingerprint density at radius 2 is 2.05 bits per heavy atom. The molecule has 1 rings (SSSR count). The Labute approximate surface area is 119 Å². The summed E-state index contributed by atoms with van der Waals surface area (Å²) in [6.07, 6.45) is 0. The minimum Gasteiger partial charge on any atom is -0.491 e. The standard InChI is InChI=1S/C13H20N2O3.ClH/c1-10(8-14)13(17)15-9-11-2-4-12(5-3-11)18-7-6-16;/h2-5,10,16H,6-9,14H2,1H3,(H,15,17);1H. The molecule has 0 aliphatic rings. The van der Waals surface area contributed by atoms with E-state index in [9.17, 15) is 4.79 Å². The highest BCUT2D eigenvalue weighted by atomic mass is 35.5. The van der Waals surface area contributed by atoms with Crippen LogP contribution in [0.5, 0.6) is 5.75 Å². The first kappa shape index (κ1) is 17.7. The van der Waals surface area contributed by atoms with Gasteiger partial charge < -0.3 is 20.9 Å². The van der Waals surface area contributed by atoms with E-state index < -0.39 is 0 Å². The number of benzene rings is 1. The number of hydrogen-bond donors (Lipinski definition) is 3. The molecule has 1 unspecified atom stereocenters. The molecule has 1 atom stereocenters. The zero-order chi connectivity index (χ0) is 13.4. The molecule has 0 saturated carbocycles. The first-order valence-corrected chi connectivity index (χ1v) is 5.97. The van der Waals surface area contributed by atoms with Crippen LogP contribution in [0.2, 0.25) is 0 Å². The number of halogens is 1. The summed E-state index contributed by atoms with van der Waals surface area (Å²) in [6.45, 7) is 2.89. The highest BCUT2D eigenvalue weighted by Gasteiger charge is 2.09. The molecule has 5 nitrogen and oxygen atoms in total. The fraction of sp³-hybridized carbons (Fsp3) is 0.462. The molecule has 19 heavy (non-hydrogen) atoms. The molecule has 0 saturated heterocycles. The zero-order valence-corrected chi connectivity index (χ0v) is 11.8. The van der Waals surface area contributed by atoms with Crippen LogP contribution in [0.3, 0.4) is 0 Å². The van der Waals surface area contributed by atoms with Gasteiger partial charge in [0.15, 0.2) is 0 Å². The van der Waals surface area contributed by atoms with Crippen LogP contribution in [0.1, 0.15) is 12.5 Å². The summed E-state index contributed by atoms with van der Waals surface area (Å²) in [6, 6.07) is 7.37. The Balaban J connectivity index is 0.00000324. The van der Waals surface area contributed by atoms with Crippen LogP contribution in [0, 0.1) is 5.92 Å². The number of hydrogen-bond acceptors (Lipinski definition) is 4. The van der Waals surface area contributed by atoms with Gasteiger partial charge in [0.2, 0.25) is 5.91 Å². The van der Waals surface area contributed by atoms with Crippen molar-refractivity contribution in [2.45, 2.75) is 13.5 Å². The van der Waals surface area contributed by atoms with Gasteiger partial charge in [-0.15, -0.1) is 12.4 Å². The molecule has 0 spiro atoms. The molecule has 0 fully saturated rings. The van der Waals surface area contributed by atoms with E-state index in [1.165, 1.54) is 0 Å². The van der Waals surface area contributed by atoms with E-state index in [1.54, 1.807) is 6.92 Å². The normalized spacial score (nSPS) is 11.3. The van der Waals surface area contributed by atoms with E-state index in [-0.39, 0.29) is 37.4 Å². The summed E-state index contributed by atoms with van der Waals surface area (Å²) < 4.78 is 5.24. The van der Waals surface area contributed by atoms with Crippen LogP contribution >= 0.6 is 12.4 Å². The van der Waals surface area contributed by atoms with Gasteiger partial charge in [0.1, 0.15) is 12.4 Å². The van der Waals surface area contributed by atoms with E-state index >= 15 is 0 Å². The highest BCUT2D eigenvalue weighted by molar-refractivity contribution is 5.85. The Bertz CT molecular complexity index is 371. The van der Waals surface area contributed by atoms with E-state index in [4.69, 9.17) is 15.6 Å². The molecule has 1 aromatic carbocycles. The number of aliphatic hydroxyl groups excluding tert-OH is 1. The Kier molecular flexibility index (Phi) is 8.95. The minimum absolute atomic E-state index is 0. The third kappa shape index (κ3) is 6.42. The smallest absolute Gasteiger partial charge is 0.224 e. The number of carbonyl (C=O) groups is 1. The van der Waals surface area contributed by atoms with Crippen molar-refractivity contribution in [2.75, 3.05) is 19.8 Å². The molecule has 0 aliphatic heterocycles. The van der Waals surface area contributed by atoms with E-state index in [0.717, 1.165) is 5.56 Å². The topological polar surface area (TPSA) is 84.6 Å². The van der Waals surface area contributed by atoms with Gasteiger partial charge in [0.25, 0.3) is 0 Å². The SMILES string of the molecule is CC(CN)C(=O)NCc1ccc(OCCO)cc1.Cl. The zero-order valence-electron chi connectivity index (χ0n) is 11.0. The van der Waals surface area contributed by atoms with Gasteiger partial charge in [-0.1, -0.05) is 19.1 Å². The number of aliphatic hydroxyl groups is 1. The summed E-state index contributed by atoms with van der Waals surface area (Å²) in [4.78, 5) is 11.5. The summed E-state index contributed by atoms with van der Waals surface area (Å²) in [5, 5.41) is 11.4. The monoisotopic (exact) mass is 288 g/mol. The first-order chi connectivity index (χ1) is 8.67. The fourth-order valence-electron chi connectivity index (χ4n) is 1.34. The van der Waals surface area contributed by atoms with Crippen LogP contribution in [0.4, 0.5) is 0 Å². The van der Waals surface area contributed by atoms with Crippen molar-refractivity contribution in [3.63, 3.8) is 0 Å². The second-order valence-corrected chi connectivity index (χ2v) is 4.07. The quantitative estimate of drug-likeness (QED) is 0.689. The Morgan fingerprint density at radius 3 is 2.58 bits per heavy atom. The second-order valence-electron chi connectivity index (χ2n) is 4.07. The van der Waals surface area contributed by atoms with Gasteiger partial charge in [0, 0.05) is 19.0 Å². The minimum atomic E-state index is -0.169. The predicted molar refractivity (Wildman–Crippen MR) is 76.3 cm³/mol. The van der Waals surface area contributed by atoms with Gasteiger partial charge in [-0.25, -0.2) is 0 Å². The molecule has 0 heterocycles. The molecule has 108 valence electrons. The molecular weight excluding hydrogens is 268 g/mol. The van der Waals surface area contributed by atoms with Crippen molar-refractivity contribution >= 4 is 18.3 Å². The van der Waals surface area contributed by atoms with Gasteiger partial charge in [-0.05, 0) is 17.7 Å². The molecule has 6 heteroatoms. The molecule has 1 aromatic rings. The second kappa shape index (κ2) is 9.61. The van der Waals surface area contributed by atoms with Crippen LogP contribution in [0.25, 0.3) is 0 Å². The number of ether oxygens (including phenoxy) is 1. The molecular formula is C13H21ClN2O3. The number of nitrogens with two attached hydrogens (primary N) is 1. The first-order valence-electron chi connectivity index (χ1n) is 5.97. The van der Waals surface area contributed by atoms with Crippen LogP contribution in [-0.4, -0.2) is 30.8 Å². The van der Waals surface area contributed by atoms with Gasteiger partial charge in [-0.3, -0.25) is 4.79 Å². The third-order valence-corrected chi connectivity index (χ3v) is 2.55. The predicted octanol–water partition coefficient (Wildman–Crippen LogP) is 0.691. The fourth-order valence-corrected chi connectivity index (χ4v) is 1.34. The molecule has 0 bridgehead atoms. The maximum Gasteiger partial charge on any atom is 0.224 e. The summed E-state index contributed by atoms with van der Waals surface area (Å²) in [7, 11) is 0. The Morgan fingerprint density at radius 1 is 1.42 bits per heavy atom. The lowest BCUT2D eigenvalue weighted by Crippen LogP contribution is -2.32. The average Bonchev–Trinajstić information content (AvgIpc) is 2.42. The lowest BCUT2D eigenvalue weighted by molar-refractivity contribution is -0.124. The number of nitrogens with one attached hydrogen (secondary N) is 1. The summed E-state index contributed by atoms with van der Waals surface area (Å²) >= 11 is 0. The molecule has 0 radical (unpaired) electrons. The molecule has 4 N–H and O–H groups in total. The maximum absolute atomic E-state index is 11.5. The largest absolute Gasteiger partial charge is 0.491 e. The summed E-state index contributed by atoms with van der Waals surface area (Å²) in [5.41, 5.74) is 6.40. The third-order valence-electron chi connectivity index (χ3n) is 2.55. The van der Waals surface area contributed by atoms with E-state index in [1.807, 2.05) is 24.3 Å². The number of rotatable bonds is 7. The van der Waals surface area contributed by atoms with E-state index in [0.29, 0.717) is 18.8 Å². The van der Waals surface area contributed by atoms with Crippen molar-refractivity contribution in [1.82, 2.24) is 5.32 Å². The molecule has 1 amide bonds. The van der Waals surface area contributed by atoms with Crippen molar-refractivity contribution < 1.29 is 14.6 Å².